The minimum Gasteiger partial charge on any atom is -0.389 e. The molecule has 0 unspecified atom stereocenters. The Kier molecular flexibility index (Phi) is 5.57. The highest BCUT2D eigenvalue weighted by Gasteiger charge is 2.29. The minimum absolute atomic E-state index is 0.447. The molecule has 0 aliphatic carbocycles. The molecule has 3 aromatic heterocycles. The first-order valence-corrected chi connectivity index (χ1v) is 11.2. The third kappa shape index (κ3) is 4.08. The van der Waals surface area contributed by atoms with Crippen molar-refractivity contribution in [3.05, 3.63) is 58.6 Å². The molecule has 3 N–H and O–H groups in total. The lowest BCUT2D eigenvalue weighted by molar-refractivity contribution is 0.0572. The number of hydrogen-bond acceptors (Lipinski definition) is 7. The summed E-state index contributed by atoms with van der Waals surface area (Å²) in [5.41, 5.74) is 4.82. The number of β-amino-alcohol motifs (C(OH)–C–C–N with tert-alkyl or cyclic N) is 2. The third-order valence-electron chi connectivity index (χ3n) is 6.28. The van der Waals surface area contributed by atoms with Gasteiger partial charge in [0.1, 0.15) is 0 Å². The molecule has 4 aromatic rings. The molecule has 9 nitrogen and oxygen atoms in total. The van der Waals surface area contributed by atoms with Crippen LogP contribution in [0, 0.1) is 13.8 Å². The summed E-state index contributed by atoms with van der Waals surface area (Å²) >= 11 is 6.50. The SMILES string of the molecule is Cc1nn(-c2ccnc(Nc3ccc4c(c3)c(Cl)c(C)n4C)n2)cc1CN1C[C@@H](O)[C@@H](O)C1. The summed E-state index contributed by atoms with van der Waals surface area (Å²) in [6.07, 6.45) is 2.21. The van der Waals surface area contributed by atoms with Crippen LogP contribution in [0.1, 0.15) is 17.0 Å². The Balaban J connectivity index is 1.37. The molecule has 172 valence electrons. The molecule has 1 aromatic carbocycles. The van der Waals surface area contributed by atoms with Crippen LogP contribution < -0.4 is 5.32 Å². The standard InChI is InChI=1S/C23H26ClN7O2/c1-13-15(9-30-11-19(32)20(33)12-30)10-31(28-13)21-6-7-25-23(27-21)26-16-4-5-18-17(8-16)22(24)14(2)29(18)3/h4-8,10,19-20,32-33H,9,11-12H2,1-3H3,(H,25,26,27)/t19-,20+. The van der Waals surface area contributed by atoms with Gasteiger partial charge in [0.25, 0.3) is 0 Å². The van der Waals surface area contributed by atoms with Crippen LogP contribution in [0.3, 0.4) is 0 Å². The summed E-state index contributed by atoms with van der Waals surface area (Å²) in [5, 5.41) is 29.2. The zero-order valence-electron chi connectivity index (χ0n) is 18.7. The van der Waals surface area contributed by atoms with Gasteiger partial charge < -0.3 is 20.1 Å². The van der Waals surface area contributed by atoms with E-state index in [4.69, 9.17) is 11.6 Å². The van der Waals surface area contributed by atoms with E-state index in [9.17, 15) is 10.2 Å². The number of benzene rings is 1. The number of likely N-dealkylation sites (tertiary alicyclic amines) is 1. The first-order valence-electron chi connectivity index (χ1n) is 10.8. The number of aromatic nitrogens is 5. The Bertz CT molecular complexity index is 1320. The van der Waals surface area contributed by atoms with Crippen molar-refractivity contribution in [3.63, 3.8) is 0 Å². The highest BCUT2D eigenvalue weighted by atomic mass is 35.5. The smallest absolute Gasteiger partial charge is 0.229 e. The molecule has 10 heteroatoms. The lowest BCUT2D eigenvalue weighted by atomic mass is 10.2. The van der Waals surface area contributed by atoms with Crippen LogP contribution in [0.2, 0.25) is 5.02 Å². The number of aliphatic hydroxyl groups excluding tert-OH is 2. The monoisotopic (exact) mass is 467 g/mol. The number of nitrogens with zero attached hydrogens (tertiary/aromatic N) is 6. The first-order chi connectivity index (χ1) is 15.8. The summed E-state index contributed by atoms with van der Waals surface area (Å²) in [6.45, 7) is 5.44. The summed E-state index contributed by atoms with van der Waals surface area (Å²) in [7, 11) is 2.00. The number of anilines is 2. The van der Waals surface area contributed by atoms with Gasteiger partial charge in [0.15, 0.2) is 5.82 Å². The average Bonchev–Trinajstić information content (AvgIpc) is 3.39. The van der Waals surface area contributed by atoms with E-state index in [1.54, 1.807) is 16.9 Å². The molecule has 1 aliphatic rings. The van der Waals surface area contributed by atoms with Gasteiger partial charge in [-0.15, -0.1) is 0 Å². The van der Waals surface area contributed by atoms with Crippen molar-refractivity contribution in [2.75, 3.05) is 18.4 Å². The zero-order chi connectivity index (χ0) is 23.3. The number of nitrogens with one attached hydrogen (secondary N) is 1. The van der Waals surface area contributed by atoms with E-state index in [0.717, 1.165) is 38.6 Å². The fraction of sp³-hybridized carbons (Fsp3) is 0.348. The van der Waals surface area contributed by atoms with E-state index in [0.29, 0.717) is 31.4 Å². The minimum atomic E-state index is -0.704. The predicted molar refractivity (Wildman–Crippen MR) is 127 cm³/mol. The molecule has 1 aliphatic heterocycles. The van der Waals surface area contributed by atoms with E-state index in [-0.39, 0.29) is 0 Å². The van der Waals surface area contributed by atoms with Crippen LogP contribution in [0.5, 0.6) is 0 Å². The number of hydrogen-bond donors (Lipinski definition) is 3. The lowest BCUT2D eigenvalue weighted by Crippen LogP contribution is -2.22. The number of fused-ring (bicyclic) bond motifs is 1. The van der Waals surface area contributed by atoms with E-state index >= 15 is 0 Å². The van der Waals surface area contributed by atoms with Gasteiger partial charge in [-0.25, -0.2) is 9.67 Å². The number of aryl methyl sites for hydroxylation is 2. The van der Waals surface area contributed by atoms with Gasteiger partial charge in [-0.1, -0.05) is 11.6 Å². The fourth-order valence-electron chi connectivity index (χ4n) is 4.26. The second-order valence-corrected chi connectivity index (χ2v) is 8.94. The van der Waals surface area contributed by atoms with E-state index in [2.05, 4.69) is 25.0 Å². The van der Waals surface area contributed by atoms with E-state index in [1.165, 1.54) is 0 Å². The number of halogens is 1. The molecule has 0 amide bonds. The average molecular weight is 468 g/mol. The van der Waals surface area contributed by atoms with Crippen molar-refractivity contribution in [1.29, 1.82) is 0 Å². The Labute approximate surface area is 196 Å². The second-order valence-electron chi connectivity index (χ2n) is 8.57. The number of aliphatic hydroxyl groups is 2. The largest absolute Gasteiger partial charge is 0.389 e. The first kappa shape index (κ1) is 21.8. The molecule has 0 saturated carbocycles. The molecule has 5 rings (SSSR count). The van der Waals surface area contributed by atoms with Crippen molar-refractivity contribution in [2.24, 2.45) is 7.05 Å². The number of rotatable bonds is 5. The second kappa shape index (κ2) is 8.42. The Morgan fingerprint density at radius 2 is 1.91 bits per heavy atom. The topological polar surface area (TPSA) is 104 Å². The summed E-state index contributed by atoms with van der Waals surface area (Å²) in [6, 6.07) is 7.79. The van der Waals surface area contributed by atoms with Gasteiger partial charge in [-0.05, 0) is 32.0 Å². The Morgan fingerprint density at radius 3 is 2.67 bits per heavy atom. The van der Waals surface area contributed by atoms with Crippen LogP contribution in [0.4, 0.5) is 11.6 Å². The highest BCUT2D eigenvalue weighted by Crippen LogP contribution is 2.32. The molecule has 2 atom stereocenters. The van der Waals surface area contributed by atoms with Crippen molar-refractivity contribution in [3.8, 4) is 5.82 Å². The molecule has 0 bridgehead atoms. The van der Waals surface area contributed by atoms with Gasteiger partial charge in [-0.2, -0.15) is 10.1 Å². The zero-order valence-corrected chi connectivity index (χ0v) is 19.5. The van der Waals surface area contributed by atoms with E-state index < -0.39 is 12.2 Å². The van der Waals surface area contributed by atoms with Crippen LogP contribution in [0.15, 0.2) is 36.7 Å². The van der Waals surface area contributed by atoms with Gasteiger partial charge in [0, 0.05) is 73.0 Å². The van der Waals surface area contributed by atoms with Crippen molar-refractivity contribution < 1.29 is 10.2 Å². The van der Waals surface area contributed by atoms with Crippen LogP contribution in [-0.4, -0.2) is 64.7 Å². The van der Waals surface area contributed by atoms with Gasteiger partial charge in [0.05, 0.1) is 22.9 Å². The summed E-state index contributed by atoms with van der Waals surface area (Å²) < 4.78 is 3.79. The van der Waals surface area contributed by atoms with Crippen molar-refractivity contribution in [1.82, 2.24) is 29.2 Å². The van der Waals surface area contributed by atoms with Crippen LogP contribution in [-0.2, 0) is 13.6 Å². The third-order valence-corrected chi connectivity index (χ3v) is 6.75. The maximum atomic E-state index is 9.79. The van der Waals surface area contributed by atoms with Gasteiger partial charge in [0.2, 0.25) is 5.95 Å². The van der Waals surface area contributed by atoms with Crippen molar-refractivity contribution >= 4 is 34.1 Å². The summed E-state index contributed by atoms with van der Waals surface area (Å²) in [5.74, 6) is 1.09. The highest BCUT2D eigenvalue weighted by molar-refractivity contribution is 6.36. The van der Waals surface area contributed by atoms with Gasteiger partial charge in [-0.3, -0.25) is 4.90 Å². The fourth-order valence-corrected chi connectivity index (χ4v) is 4.53. The maximum absolute atomic E-state index is 9.79. The molecule has 33 heavy (non-hydrogen) atoms. The van der Waals surface area contributed by atoms with Gasteiger partial charge >= 0.3 is 0 Å². The van der Waals surface area contributed by atoms with E-state index in [1.807, 2.05) is 50.2 Å². The lowest BCUT2D eigenvalue weighted by Gasteiger charge is -2.13. The molecular weight excluding hydrogens is 442 g/mol. The summed E-state index contributed by atoms with van der Waals surface area (Å²) in [4.78, 5) is 11.0. The normalized spacial score (nSPS) is 19.0. The molecule has 0 radical (unpaired) electrons. The van der Waals surface area contributed by atoms with Crippen LogP contribution in [0.25, 0.3) is 16.7 Å². The van der Waals surface area contributed by atoms with Crippen LogP contribution >= 0.6 is 11.6 Å². The van der Waals surface area contributed by atoms with Crippen molar-refractivity contribution in [2.45, 2.75) is 32.6 Å². The molecular formula is C23H26ClN7O2. The maximum Gasteiger partial charge on any atom is 0.229 e. The molecule has 1 fully saturated rings. The predicted octanol–water partition coefficient (Wildman–Crippen LogP) is 2.71. The molecule has 4 heterocycles. The molecule has 0 spiro atoms. The Morgan fingerprint density at radius 1 is 1.15 bits per heavy atom. The Hall–Kier alpha value is -2.98. The quantitative estimate of drug-likeness (QED) is 0.414. The molecule has 1 saturated heterocycles.